The van der Waals surface area contributed by atoms with Gasteiger partial charge in [-0.15, -0.1) is 0 Å². The molecule has 4 heterocycles. The smallest absolute Gasteiger partial charge is 0.196 e. The number of benzene rings is 1. The third kappa shape index (κ3) is 6.02. The summed E-state index contributed by atoms with van der Waals surface area (Å²) in [6, 6.07) is 12.7. The zero-order chi connectivity index (χ0) is 24.2. The lowest BCUT2D eigenvalue weighted by molar-refractivity contribution is -0.118. The first kappa shape index (κ1) is 23.8. The van der Waals surface area contributed by atoms with Crippen LogP contribution in [0.5, 0.6) is 0 Å². The van der Waals surface area contributed by atoms with Crippen molar-refractivity contribution >= 4 is 35.0 Å². The number of aryl methyl sites for hydroxylation is 1. The predicted molar refractivity (Wildman–Crippen MR) is 140 cm³/mol. The first-order valence-electron chi connectivity index (χ1n) is 12.5. The van der Waals surface area contributed by atoms with E-state index in [2.05, 4.69) is 25.3 Å². The molecule has 1 aromatic carbocycles. The Kier molecular flexibility index (Phi) is 7.34. The number of Topliss-reactive ketones (excluding diaryl/α,β-unsaturated/α-hetero) is 1. The van der Waals surface area contributed by atoms with Crippen LogP contribution in [0.15, 0.2) is 46.5 Å². The van der Waals surface area contributed by atoms with Crippen LogP contribution in [-0.2, 0) is 11.2 Å². The molecule has 0 aliphatic carbocycles. The highest BCUT2D eigenvalue weighted by atomic mass is 32.2. The summed E-state index contributed by atoms with van der Waals surface area (Å²) < 4.78 is 0. The number of likely N-dealkylation sites (tertiary alicyclic amines) is 1. The van der Waals surface area contributed by atoms with Gasteiger partial charge in [0.05, 0.1) is 0 Å². The van der Waals surface area contributed by atoms with Gasteiger partial charge in [-0.1, -0.05) is 19.1 Å². The van der Waals surface area contributed by atoms with Gasteiger partial charge in [0.2, 0.25) is 0 Å². The lowest BCUT2D eigenvalue weighted by Gasteiger charge is -2.24. The third-order valence-electron chi connectivity index (χ3n) is 6.73. The summed E-state index contributed by atoms with van der Waals surface area (Å²) in [6.07, 6.45) is 4.85. The highest BCUT2D eigenvalue weighted by molar-refractivity contribution is 7.99. The Bertz CT molecular complexity index is 1160. The fourth-order valence-corrected chi connectivity index (χ4v) is 5.55. The van der Waals surface area contributed by atoms with Crippen molar-refractivity contribution in [2.24, 2.45) is 0 Å². The van der Waals surface area contributed by atoms with Gasteiger partial charge < -0.3 is 10.2 Å². The lowest BCUT2D eigenvalue weighted by Crippen LogP contribution is -2.35. The van der Waals surface area contributed by atoms with E-state index in [1.165, 1.54) is 44.1 Å². The molecule has 8 nitrogen and oxygen atoms in total. The first-order chi connectivity index (χ1) is 17.1. The Morgan fingerprint density at radius 1 is 1.11 bits per heavy atom. The number of ketones is 1. The number of rotatable bonds is 9. The molecule has 2 aliphatic rings. The molecule has 0 amide bonds. The van der Waals surface area contributed by atoms with E-state index in [0.29, 0.717) is 24.0 Å². The summed E-state index contributed by atoms with van der Waals surface area (Å²) >= 11 is 1.54. The van der Waals surface area contributed by atoms with E-state index in [1.807, 2.05) is 50.2 Å². The number of carbonyl (C=O) groups is 1. The Balaban J connectivity index is 1.36. The quantitative estimate of drug-likeness (QED) is 0.420. The van der Waals surface area contributed by atoms with Crippen LogP contribution in [0.1, 0.15) is 43.9 Å². The molecule has 0 radical (unpaired) electrons. The molecule has 3 aromatic rings. The topological polar surface area (TPSA) is 90.0 Å². The Labute approximate surface area is 210 Å². The number of aromatic nitrogens is 4. The summed E-state index contributed by atoms with van der Waals surface area (Å²) in [4.78, 5) is 27.6. The van der Waals surface area contributed by atoms with E-state index in [4.69, 9.17) is 9.97 Å². The Morgan fingerprint density at radius 3 is 2.63 bits per heavy atom. The number of H-pyrrole nitrogens is 1. The predicted octanol–water partition coefficient (Wildman–Crippen LogP) is 4.60. The van der Waals surface area contributed by atoms with Gasteiger partial charge in [-0.2, -0.15) is 5.10 Å². The number of aromatic amines is 1. The van der Waals surface area contributed by atoms with Gasteiger partial charge in [0.15, 0.2) is 11.0 Å². The van der Waals surface area contributed by atoms with Crippen molar-refractivity contribution in [2.45, 2.75) is 62.0 Å². The molecule has 2 fully saturated rings. The standard InChI is InChI=1S/C26H33N7OS/c1-3-21(34)15-19-6-8-22(9-7-19)35-26-28-23(27-24-14-18(2)30-31-24)16-25(29-26)33-13-10-20(17-33)32-11-4-5-12-32/h6-9,14,16,20H,3-5,10-13,15,17H2,1-2H3,(H2,27,28,29,30,31)/t20-/m0/s1. The normalized spacial score (nSPS) is 18.3. The SMILES string of the molecule is CCC(=O)Cc1ccc(Sc2nc(Nc3cc(C)[nH]n3)cc(N3CC[C@H](N4CCCC4)C3)n2)cc1. The largest absolute Gasteiger partial charge is 0.355 e. The van der Waals surface area contributed by atoms with Crippen LogP contribution in [0.2, 0.25) is 0 Å². The van der Waals surface area contributed by atoms with E-state index >= 15 is 0 Å². The first-order valence-corrected chi connectivity index (χ1v) is 13.3. The van der Waals surface area contributed by atoms with Crippen LogP contribution in [-0.4, -0.2) is 63.1 Å². The maximum atomic E-state index is 11.8. The minimum atomic E-state index is 0.253. The molecule has 2 aliphatic heterocycles. The molecule has 0 spiro atoms. The van der Waals surface area contributed by atoms with Crippen molar-refractivity contribution in [2.75, 3.05) is 36.4 Å². The van der Waals surface area contributed by atoms with Crippen LogP contribution < -0.4 is 10.2 Å². The zero-order valence-corrected chi connectivity index (χ0v) is 21.3. The minimum Gasteiger partial charge on any atom is -0.355 e. The van der Waals surface area contributed by atoms with Crippen molar-refractivity contribution in [3.63, 3.8) is 0 Å². The van der Waals surface area contributed by atoms with Crippen molar-refractivity contribution in [1.29, 1.82) is 0 Å². The number of carbonyl (C=O) groups excluding carboxylic acids is 1. The second kappa shape index (κ2) is 10.8. The second-order valence-electron chi connectivity index (χ2n) is 9.40. The van der Waals surface area contributed by atoms with E-state index in [1.54, 1.807) is 0 Å². The highest BCUT2D eigenvalue weighted by Crippen LogP contribution is 2.31. The summed E-state index contributed by atoms with van der Waals surface area (Å²) in [5.74, 6) is 2.68. The Hall–Kier alpha value is -2.91. The fraction of sp³-hybridized carbons (Fsp3) is 0.462. The van der Waals surface area contributed by atoms with Gasteiger partial charge in [0.1, 0.15) is 17.4 Å². The average molecular weight is 492 g/mol. The molecule has 2 aromatic heterocycles. The minimum absolute atomic E-state index is 0.253. The zero-order valence-electron chi connectivity index (χ0n) is 20.5. The van der Waals surface area contributed by atoms with Gasteiger partial charge in [-0.25, -0.2) is 9.97 Å². The second-order valence-corrected chi connectivity index (χ2v) is 10.4. The molecule has 35 heavy (non-hydrogen) atoms. The molecular formula is C26H33N7OS. The van der Waals surface area contributed by atoms with E-state index in [-0.39, 0.29) is 5.78 Å². The molecule has 1 atom stereocenters. The maximum absolute atomic E-state index is 11.8. The monoisotopic (exact) mass is 491 g/mol. The van der Waals surface area contributed by atoms with Gasteiger partial charge >= 0.3 is 0 Å². The number of hydrogen-bond donors (Lipinski definition) is 2. The summed E-state index contributed by atoms with van der Waals surface area (Å²) in [5, 5.41) is 11.3. The Morgan fingerprint density at radius 2 is 1.91 bits per heavy atom. The van der Waals surface area contributed by atoms with Gasteiger partial charge in [-0.3, -0.25) is 14.8 Å². The van der Waals surface area contributed by atoms with E-state index in [0.717, 1.165) is 46.7 Å². The summed E-state index contributed by atoms with van der Waals surface area (Å²) in [6.45, 7) is 8.32. The lowest BCUT2D eigenvalue weighted by atomic mass is 10.1. The fourth-order valence-electron chi connectivity index (χ4n) is 4.79. The van der Waals surface area contributed by atoms with Gasteiger partial charge in [0, 0.05) is 54.7 Å². The van der Waals surface area contributed by atoms with Gasteiger partial charge in [0.25, 0.3) is 0 Å². The number of nitrogens with zero attached hydrogens (tertiary/aromatic N) is 5. The van der Waals surface area contributed by atoms with E-state index < -0.39 is 0 Å². The van der Waals surface area contributed by atoms with Crippen molar-refractivity contribution in [3.8, 4) is 0 Å². The van der Waals surface area contributed by atoms with Crippen LogP contribution in [0.25, 0.3) is 0 Å². The van der Waals surface area contributed by atoms with Crippen LogP contribution in [0.3, 0.4) is 0 Å². The van der Waals surface area contributed by atoms with Crippen LogP contribution in [0.4, 0.5) is 17.5 Å². The van der Waals surface area contributed by atoms with Crippen molar-refractivity contribution in [3.05, 3.63) is 47.7 Å². The highest BCUT2D eigenvalue weighted by Gasteiger charge is 2.30. The molecule has 2 N–H and O–H groups in total. The van der Waals surface area contributed by atoms with Crippen LogP contribution in [0, 0.1) is 6.92 Å². The molecule has 9 heteroatoms. The molecule has 0 saturated carbocycles. The van der Waals surface area contributed by atoms with Crippen LogP contribution >= 0.6 is 11.8 Å². The molecular weight excluding hydrogens is 458 g/mol. The molecule has 5 rings (SSSR count). The molecule has 2 saturated heterocycles. The van der Waals surface area contributed by atoms with E-state index in [9.17, 15) is 4.79 Å². The third-order valence-corrected chi connectivity index (χ3v) is 7.60. The number of hydrogen-bond acceptors (Lipinski definition) is 8. The molecule has 0 bridgehead atoms. The molecule has 0 unspecified atom stereocenters. The maximum Gasteiger partial charge on any atom is 0.196 e. The van der Waals surface area contributed by atoms with Gasteiger partial charge in [-0.05, 0) is 68.7 Å². The number of nitrogens with one attached hydrogen (secondary N) is 2. The summed E-state index contributed by atoms with van der Waals surface area (Å²) in [7, 11) is 0. The van der Waals surface area contributed by atoms with Crippen molar-refractivity contribution < 1.29 is 4.79 Å². The van der Waals surface area contributed by atoms with Crippen molar-refractivity contribution in [1.82, 2.24) is 25.1 Å². The average Bonchev–Trinajstić information content (AvgIpc) is 3.62. The number of anilines is 3. The molecule has 184 valence electrons. The summed E-state index contributed by atoms with van der Waals surface area (Å²) in [5.41, 5.74) is 2.03.